The molecule has 3 aromatic rings. The number of ether oxygens (including phenoxy) is 1. The minimum Gasteiger partial charge on any atom is -0.494 e. The molecule has 2 N–H and O–H groups in total. The summed E-state index contributed by atoms with van der Waals surface area (Å²) in [5, 5.41) is 5.39. The Labute approximate surface area is 176 Å². The number of carbonyl (C=O) groups is 3. The Hall–Kier alpha value is -3.95. The van der Waals surface area contributed by atoms with Crippen LogP contribution in [0.15, 0.2) is 34.9 Å². The van der Waals surface area contributed by atoms with Crippen LogP contribution in [0.1, 0.15) is 33.4 Å². The smallest absolute Gasteiger partial charge is 0.321 e. The zero-order valence-corrected chi connectivity index (χ0v) is 16.8. The van der Waals surface area contributed by atoms with Gasteiger partial charge in [0.25, 0.3) is 5.91 Å². The third kappa shape index (κ3) is 3.79. The van der Waals surface area contributed by atoms with E-state index in [2.05, 4.69) is 10.3 Å². The van der Waals surface area contributed by atoms with Gasteiger partial charge in [-0.05, 0) is 30.7 Å². The van der Waals surface area contributed by atoms with Crippen molar-refractivity contribution in [3.05, 3.63) is 58.9 Å². The van der Waals surface area contributed by atoms with E-state index < -0.39 is 23.8 Å². The summed E-state index contributed by atoms with van der Waals surface area (Å²) in [6.07, 6.45) is 1.81. The van der Waals surface area contributed by atoms with Gasteiger partial charge in [-0.15, -0.1) is 0 Å². The number of amides is 4. The molecule has 0 fully saturated rings. The van der Waals surface area contributed by atoms with Gasteiger partial charge in [0.15, 0.2) is 17.1 Å². The number of halogens is 1. The Balaban J connectivity index is 1.64. The SMILES string of the molecule is COc1ccc2c(c1F)C(=O)N(C[C@H](NC(=O)NC=O)c1cc3cc(C)ncc3o1)C2. The van der Waals surface area contributed by atoms with E-state index in [-0.39, 0.29) is 30.8 Å². The lowest BCUT2D eigenvalue weighted by molar-refractivity contribution is -0.108. The van der Waals surface area contributed by atoms with E-state index in [1.54, 1.807) is 18.3 Å². The molecule has 1 aliphatic heterocycles. The molecule has 1 aliphatic rings. The molecule has 0 aliphatic carbocycles. The van der Waals surface area contributed by atoms with Gasteiger partial charge in [0.1, 0.15) is 11.8 Å². The van der Waals surface area contributed by atoms with E-state index in [4.69, 9.17) is 9.15 Å². The van der Waals surface area contributed by atoms with Crippen LogP contribution in [0.3, 0.4) is 0 Å². The Kier molecular flexibility index (Phi) is 5.28. The largest absolute Gasteiger partial charge is 0.494 e. The van der Waals surface area contributed by atoms with Gasteiger partial charge in [-0.2, -0.15) is 0 Å². The number of pyridine rings is 1. The maximum Gasteiger partial charge on any atom is 0.321 e. The molecule has 160 valence electrons. The number of hydrogen-bond acceptors (Lipinski definition) is 6. The predicted molar refractivity (Wildman–Crippen MR) is 107 cm³/mol. The molecule has 0 unspecified atom stereocenters. The second-order valence-electron chi connectivity index (χ2n) is 7.10. The minimum absolute atomic E-state index is 0.00617. The molecule has 2 aromatic heterocycles. The first kappa shape index (κ1) is 20.3. The number of aryl methyl sites for hydroxylation is 1. The highest BCUT2D eigenvalue weighted by Gasteiger charge is 2.34. The number of imide groups is 1. The van der Waals surface area contributed by atoms with Crippen molar-refractivity contribution in [1.29, 1.82) is 0 Å². The number of carbonyl (C=O) groups excluding carboxylic acids is 3. The van der Waals surface area contributed by atoms with Crippen LogP contribution >= 0.6 is 0 Å². The molecule has 4 amide bonds. The van der Waals surface area contributed by atoms with E-state index in [1.807, 2.05) is 18.3 Å². The first-order valence-electron chi connectivity index (χ1n) is 9.42. The Morgan fingerprint density at radius 2 is 2.23 bits per heavy atom. The van der Waals surface area contributed by atoms with Crippen molar-refractivity contribution in [2.45, 2.75) is 19.5 Å². The van der Waals surface area contributed by atoms with Crippen molar-refractivity contribution in [2.24, 2.45) is 0 Å². The van der Waals surface area contributed by atoms with E-state index in [0.717, 1.165) is 11.1 Å². The molecule has 0 bridgehead atoms. The van der Waals surface area contributed by atoms with Crippen LogP contribution in [-0.2, 0) is 11.3 Å². The lowest BCUT2D eigenvalue weighted by atomic mass is 10.1. The number of methoxy groups -OCH3 is 1. The van der Waals surface area contributed by atoms with Crippen molar-refractivity contribution in [2.75, 3.05) is 13.7 Å². The molecule has 4 rings (SSSR count). The highest BCUT2D eigenvalue weighted by molar-refractivity contribution is 5.99. The number of benzene rings is 1. The van der Waals surface area contributed by atoms with Gasteiger partial charge >= 0.3 is 6.03 Å². The fourth-order valence-corrected chi connectivity index (χ4v) is 3.63. The first-order valence-corrected chi connectivity index (χ1v) is 9.42. The third-order valence-corrected chi connectivity index (χ3v) is 5.08. The Bertz CT molecular complexity index is 1190. The van der Waals surface area contributed by atoms with E-state index >= 15 is 0 Å². The van der Waals surface area contributed by atoms with Crippen molar-refractivity contribution in [1.82, 2.24) is 20.5 Å². The Morgan fingerprint density at radius 1 is 1.42 bits per heavy atom. The van der Waals surface area contributed by atoms with Crippen molar-refractivity contribution < 1.29 is 27.9 Å². The second-order valence-corrected chi connectivity index (χ2v) is 7.10. The van der Waals surface area contributed by atoms with Gasteiger partial charge < -0.3 is 19.4 Å². The molecular weight excluding hydrogens is 407 g/mol. The topological polar surface area (TPSA) is 114 Å². The molecule has 10 heteroatoms. The van der Waals surface area contributed by atoms with Crippen LogP contribution in [0.25, 0.3) is 11.0 Å². The van der Waals surface area contributed by atoms with Crippen molar-refractivity contribution >= 4 is 29.3 Å². The lowest BCUT2D eigenvalue weighted by Gasteiger charge is -2.23. The molecule has 1 atom stereocenters. The molecule has 0 radical (unpaired) electrons. The number of urea groups is 1. The van der Waals surface area contributed by atoms with Crippen LogP contribution < -0.4 is 15.4 Å². The van der Waals surface area contributed by atoms with Crippen LogP contribution in [0.2, 0.25) is 0 Å². The molecule has 3 heterocycles. The summed E-state index contributed by atoms with van der Waals surface area (Å²) in [7, 11) is 1.33. The normalized spacial score (nSPS) is 13.8. The van der Waals surface area contributed by atoms with Crippen LogP contribution in [-0.4, -0.2) is 41.9 Å². The van der Waals surface area contributed by atoms with Gasteiger partial charge in [0.2, 0.25) is 6.41 Å². The van der Waals surface area contributed by atoms with Gasteiger partial charge in [0, 0.05) is 24.2 Å². The maximum atomic E-state index is 14.6. The molecule has 31 heavy (non-hydrogen) atoms. The molecule has 9 nitrogen and oxygen atoms in total. The average Bonchev–Trinajstić information content (AvgIpc) is 3.29. The highest BCUT2D eigenvalue weighted by atomic mass is 19.1. The van der Waals surface area contributed by atoms with E-state index in [0.29, 0.717) is 16.9 Å². The lowest BCUT2D eigenvalue weighted by Crippen LogP contribution is -2.42. The predicted octanol–water partition coefficient (Wildman–Crippen LogP) is 2.44. The number of nitrogens with zero attached hydrogens (tertiary/aromatic N) is 2. The fraction of sp³-hybridized carbons (Fsp3) is 0.238. The summed E-state index contributed by atoms with van der Waals surface area (Å²) >= 11 is 0. The minimum atomic E-state index is -0.795. The first-order chi connectivity index (χ1) is 14.9. The van der Waals surface area contributed by atoms with Gasteiger partial charge in [0.05, 0.1) is 18.9 Å². The molecule has 0 spiro atoms. The number of rotatable bonds is 6. The van der Waals surface area contributed by atoms with Crippen molar-refractivity contribution in [3.63, 3.8) is 0 Å². The number of fused-ring (bicyclic) bond motifs is 2. The third-order valence-electron chi connectivity index (χ3n) is 5.08. The number of furan rings is 1. The fourth-order valence-electron chi connectivity index (χ4n) is 3.63. The summed E-state index contributed by atoms with van der Waals surface area (Å²) in [6, 6.07) is 5.10. The van der Waals surface area contributed by atoms with Gasteiger partial charge in [-0.1, -0.05) is 6.07 Å². The quantitative estimate of drug-likeness (QED) is 0.586. The highest BCUT2D eigenvalue weighted by Crippen LogP contribution is 2.32. The maximum absolute atomic E-state index is 14.6. The molecular formula is C21H19FN4O5. The van der Waals surface area contributed by atoms with Crippen LogP contribution in [0, 0.1) is 12.7 Å². The monoisotopic (exact) mass is 426 g/mol. The zero-order chi connectivity index (χ0) is 22.1. The molecule has 1 aromatic carbocycles. The summed E-state index contributed by atoms with van der Waals surface area (Å²) in [6.45, 7) is 1.99. The van der Waals surface area contributed by atoms with E-state index in [9.17, 15) is 18.8 Å². The van der Waals surface area contributed by atoms with Crippen molar-refractivity contribution in [3.8, 4) is 5.75 Å². The summed E-state index contributed by atoms with van der Waals surface area (Å²) in [5.41, 5.74) is 1.76. The van der Waals surface area contributed by atoms with Gasteiger partial charge in [-0.25, -0.2) is 9.18 Å². The summed E-state index contributed by atoms with van der Waals surface area (Å²) in [5.74, 6) is -0.900. The molecule has 0 saturated carbocycles. The summed E-state index contributed by atoms with van der Waals surface area (Å²) < 4.78 is 25.4. The average molecular weight is 426 g/mol. The molecule has 0 saturated heterocycles. The van der Waals surface area contributed by atoms with Crippen LogP contribution in [0.5, 0.6) is 5.75 Å². The van der Waals surface area contributed by atoms with Gasteiger partial charge in [-0.3, -0.25) is 19.9 Å². The number of hydrogen-bond donors (Lipinski definition) is 2. The zero-order valence-electron chi connectivity index (χ0n) is 16.8. The summed E-state index contributed by atoms with van der Waals surface area (Å²) in [4.78, 5) is 41.1. The van der Waals surface area contributed by atoms with Crippen LogP contribution in [0.4, 0.5) is 9.18 Å². The number of nitrogens with one attached hydrogen (secondary N) is 2. The number of aromatic nitrogens is 1. The Morgan fingerprint density at radius 3 is 2.97 bits per heavy atom. The van der Waals surface area contributed by atoms with E-state index in [1.165, 1.54) is 18.1 Å². The standard InChI is InChI=1S/C21H19FN4O5/c1-11-5-13-6-16(31-17(13)7-23-11)14(25-21(29)24-10-27)9-26-8-12-3-4-15(30-2)19(22)18(12)20(26)28/h3-7,10,14H,8-9H2,1-2H3,(H2,24,25,27,29)/t14-/m0/s1. The second kappa shape index (κ2) is 8.05.